The first-order valence-corrected chi connectivity index (χ1v) is 8.77. The Kier molecular flexibility index (Phi) is 5.30. The molecule has 0 bridgehead atoms. The number of ether oxygens (including phenoxy) is 1. The topological polar surface area (TPSA) is 84.6 Å². The third-order valence-corrected chi connectivity index (χ3v) is 4.79. The number of carbonyl (C=O) groups is 1. The zero-order chi connectivity index (χ0) is 17.1. The van der Waals surface area contributed by atoms with Crippen molar-refractivity contribution in [1.29, 1.82) is 0 Å². The van der Waals surface area contributed by atoms with Gasteiger partial charge in [-0.15, -0.1) is 0 Å². The summed E-state index contributed by atoms with van der Waals surface area (Å²) in [5.74, 6) is 2.22. The third kappa shape index (κ3) is 3.84. The number of piperidine rings is 1. The summed E-state index contributed by atoms with van der Waals surface area (Å²) in [7, 11) is 0. The van der Waals surface area contributed by atoms with Gasteiger partial charge in [-0.05, 0) is 26.7 Å². The Balaban J connectivity index is 1.69. The van der Waals surface area contributed by atoms with Crippen LogP contribution in [0.25, 0.3) is 0 Å². The van der Waals surface area contributed by atoms with Crippen LogP contribution < -0.4 is 10.6 Å². The number of anilines is 1. The number of rotatable bonds is 3. The molecule has 7 heteroatoms. The van der Waals surface area contributed by atoms with Crippen LogP contribution in [0.4, 0.5) is 5.82 Å². The van der Waals surface area contributed by atoms with E-state index >= 15 is 0 Å². The highest BCUT2D eigenvalue weighted by molar-refractivity contribution is 5.81. The summed E-state index contributed by atoms with van der Waals surface area (Å²) in [6.45, 7) is 8.43. The summed E-state index contributed by atoms with van der Waals surface area (Å²) in [5.41, 5.74) is 6.80. The maximum absolute atomic E-state index is 12.0. The number of hydrogen-bond donors (Lipinski definition) is 1. The van der Waals surface area contributed by atoms with Crippen molar-refractivity contribution in [2.75, 3.05) is 44.3 Å². The summed E-state index contributed by atoms with van der Waals surface area (Å²) in [6, 6.07) is 1.70. The van der Waals surface area contributed by atoms with Crippen LogP contribution in [0.3, 0.4) is 0 Å². The van der Waals surface area contributed by atoms with E-state index in [1.165, 1.54) is 0 Å². The van der Waals surface area contributed by atoms with Gasteiger partial charge in [0, 0.05) is 43.9 Å². The van der Waals surface area contributed by atoms with E-state index in [-0.39, 0.29) is 5.91 Å². The predicted octanol–water partition coefficient (Wildman–Crippen LogP) is 0.675. The van der Waals surface area contributed by atoms with Crippen molar-refractivity contribution in [3.63, 3.8) is 0 Å². The Bertz CT molecular complexity index is 578. The molecule has 3 heterocycles. The van der Waals surface area contributed by atoms with Crippen LogP contribution in [0.5, 0.6) is 0 Å². The molecule has 3 rings (SSSR count). The van der Waals surface area contributed by atoms with Gasteiger partial charge in [0.25, 0.3) is 0 Å². The van der Waals surface area contributed by atoms with Gasteiger partial charge in [0.1, 0.15) is 11.6 Å². The monoisotopic (exact) mass is 333 g/mol. The molecule has 2 N–H and O–H groups in total. The standard InChI is InChI=1S/C17H27N5O2/c1-12(18)17(23)22-5-3-14(4-6-22)15-11-16(20-13(2)19-15)21-7-9-24-10-8-21/h11-12,14H,3-10,18H2,1-2H3/t12-/m1/s1. The molecule has 2 aliphatic rings. The van der Waals surface area contributed by atoms with Crippen molar-refractivity contribution in [2.45, 2.75) is 38.6 Å². The number of amides is 1. The number of aromatic nitrogens is 2. The molecule has 0 spiro atoms. The summed E-state index contributed by atoms with van der Waals surface area (Å²) in [4.78, 5) is 25.4. The van der Waals surface area contributed by atoms with E-state index in [4.69, 9.17) is 10.5 Å². The van der Waals surface area contributed by atoms with Crippen LogP contribution in [0.15, 0.2) is 6.07 Å². The number of likely N-dealkylation sites (tertiary alicyclic amines) is 1. The lowest BCUT2D eigenvalue weighted by Gasteiger charge is -2.33. The highest BCUT2D eigenvalue weighted by atomic mass is 16.5. The molecular formula is C17H27N5O2. The van der Waals surface area contributed by atoms with Gasteiger partial charge < -0.3 is 20.3 Å². The summed E-state index contributed by atoms with van der Waals surface area (Å²) >= 11 is 0. The van der Waals surface area contributed by atoms with E-state index < -0.39 is 6.04 Å². The van der Waals surface area contributed by atoms with Gasteiger partial charge in [0.15, 0.2) is 0 Å². The Morgan fingerprint density at radius 2 is 1.92 bits per heavy atom. The first kappa shape index (κ1) is 17.1. The second kappa shape index (κ2) is 7.44. The zero-order valence-electron chi connectivity index (χ0n) is 14.6. The minimum absolute atomic E-state index is 0.0429. The fraction of sp³-hybridized carbons (Fsp3) is 0.706. The number of nitrogens with two attached hydrogens (primary N) is 1. The lowest BCUT2D eigenvalue weighted by atomic mass is 9.92. The van der Waals surface area contributed by atoms with Crippen molar-refractivity contribution in [2.24, 2.45) is 5.73 Å². The number of aryl methyl sites for hydroxylation is 1. The molecule has 0 aromatic carbocycles. The highest BCUT2D eigenvalue weighted by Crippen LogP contribution is 2.29. The predicted molar refractivity (Wildman–Crippen MR) is 92.0 cm³/mol. The van der Waals surface area contributed by atoms with Gasteiger partial charge in [-0.1, -0.05) is 0 Å². The highest BCUT2D eigenvalue weighted by Gasteiger charge is 2.27. The molecule has 2 aliphatic heterocycles. The molecule has 0 aliphatic carbocycles. The van der Waals surface area contributed by atoms with Gasteiger partial charge in [-0.2, -0.15) is 0 Å². The Morgan fingerprint density at radius 3 is 2.54 bits per heavy atom. The van der Waals surface area contributed by atoms with Crippen molar-refractivity contribution >= 4 is 11.7 Å². The third-order valence-electron chi connectivity index (χ3n) is 4.79. The van der Waals surface area contributed by atoms with Gasteiger partial charge >= 0.3 is 0 Å². The maximum Gasteiger partial charge on any atom is 0.239 e. The minimum Gasteiger partial charge on any atom is -0.378 e. The van der Waals surface area contributed by atoms with E-state index in [9.17, 15) is 4.79 Å². The second-order valence-corrected chi connectivity index (χ2v) is 6.69. The van der Waals surface area contributed by atoms with Gasteiger partial charge in [-0.25, -0.2) is 9.97 Å². The zero-order valence-corrected chi connectivity index (χ0v) is 14.6. The number of carbonyl (C=O) groups excluding carboxylic acids is 1. The fourth-order valence-electron chi connectivity index (χ4n) is 3.42. The molecule has 132 valence electrons. The average molecular weight is 333 g/mol. The van der Waals surface area contributed by atoms with E-state index in [0.29, 0.717) is 5.92 Å². The second-order valence-electron chi connectivity index (χ2n) is 6.69. The van der Waals surface area contributed by atoms with Crippen LogP contribution in [0.1, 0.15) is 37.2 Å². The lowest BCUT2D eigenvalue weighted by Crippen LogP contribution is -2.45. The maximum atomic E-state index is 12.0. The first-order valence-electron chi connectivity index (χ1n) is 8.77. The molecular weight excluding hydrogens is 306 g/mol. The van der Waals surface area contributed by atoms with Crippen molar-refractivity contribution in [1.82, 2.24) is 14.9 Å². The molecule has 0 radical (unpaired) electrons. The molecule has 7 nitrogen and oxygen atoms in total. The smallest absolute Gasteiger partial charge is 0.239 e. The molecule has 1 atom stereocenters. The normalized spacial score (nSPS) is 21.0. The lowest BCUT2D eigenvalue weighted by molar-refractivity contribution is -0.133. The Morgan fingerprint density at radius 1 is 1.25 bits per heavy atom. The number of morpholine rings is 1. The molecule has 1 aromatic heterocycles. The van der Waals surface area contributed by atoms with E-state index in [1.807, 2.05) is 11.8 Å². The van der Waals surface area contributed by atoms with Crippen molar-refractivity contribution in [3.05, 3.63) is 17.6 Å². The van der Waals surface area contributed by atoms with E-state index in [0.717, 1.165) is 69.6 Å². The van der Waals surface area contributed by atoms with Gasteiger partial charge in [0.2, 0.25) is 5.91 Å². The average Bonchev–Trinajstić information content (AvgIpc) is 2.61. The molecule has 0 unspecified atom stereocenters. The van der Waals surface area contributed by atoms with Crippen LogP contribution >= 0.6 is 0 Å². The van der Waals surface area contributed by atoms with Crippen LogP contribution in [0.2, 0.25) is 0 Å². The Hall–Kier alpha value is -1.73. The van der Waals surface area contributed by atoms with Crippen molar-refractivity contribution in [3.8, 4) is 0 Å². The fourth-order valence-corrected chi connectivity index (χ4v) is 3.42. The molecule has 2 saturated heterocycles. The molecule has 2 fully saturated rings. The molecule has 1 amide bonds. The first-order chi connectivity index (χ1) is 11.5. The number of nitrogens with zero attached hydrogens (tertiary/aromatic N) is 4. The van der Waals surface area contributed by atoms with E-state index in [2.05, 4.69) is 20.9 Å². The van der Waals surface area contributed by atoms with Gasteiger partial charge in [0.05, 0.1) is 19.3 Å². The van der Waals surface area contributed by atoms with Crippen LogP contribution in [0, 0.1) is 6.92 Å². The minimum atomic E-state index is -0.421. The van der Waals surface area contributed by atoms with Crippen molar-refractivity contribution < 1.29 is 9.53 Å². The largest absolute Gasteiger partial charge is 0.378 e. The van der Waals surface area contributed by atoms with E-state index in [1.54, 1.807) is 6.92 Å². The van der Waals surface area contributed by atoms with Crippen LogP contribution in [-0.2, 0) is 9.53 Å². The SMILES string of the molecule is Cc1nc(C2CCN(C(=O)[C@@H](C)N)CC2)cc(N2CCOCC2)n1. The summed E-state index contributed by atoms with van der Waals surface area (Å²) < 4.78 is 5.42. The molecule has 24 heavy (non-hydrogen) atoms. The summed E-state index contributed by atoms with van der Waals surface area (Å²) in [6.07, 6.45) is 1.86. The van der Waals surface area contributed by atoms with Crippen LogP contribution in [-0.4, -0.2) is 66.2 Å². The Labute approximate surface area is 143 Å². The molecule has 0 saturated carbocycles. The quantitative estimate of drug-likeness (QED) is 0.875. The molecule has 1 aromatic rings. The van der Waals surface area contributed by atoms with Gasteiger partial charge in [-0.3, -0.25) is 4.79 Å². The number of hydrogen-bond acceptors (Lipinski definition) is 6. The summed E-state index contributed by atoms with van der Waals surface area (Å²) in [5, 5.41) is 0.